The van der Waals surface area contributed by atoms with Crippen LogP contribution in [0.4, 0.5) is 0 Å². The smallest absolute Gasteiger partial charge is 0.353 e. The lowest BCUT2D eigenvalue weighted by Crippen LogP contribution is -2.47. The quantitative estimate of drug-likeness (QED) is 0.887. The standard InChI is InChI=1S/C14H15ClN2O5S/c15-10-2-1-3-11(8-10)23(20,21)17-6-4-14(5-7-17)9-12(13(18)19)16-22-14/h1-3,8H,4-7,9H2,(H,18,19). The molecule has 124 valence electrons. The SMILES string of the molecule is O=C(O)C1=NOC2(CCN(S(=O)(=O)c3cccc(Cl)c3)CC2)C1. The van der Waals surface area contributed by atoms with E-state index in [1.807, 2.05) is 0 Å². The lowest BCUT2D eigenvalue weighted by molar-refractivity contribution is -0.129. The van der Waals surface area contributed by atoms with Gasteiger partial charge >= 0.3 is 5.97 Å². The average Bonchev–Trinajstić information content (AvgIpc) is 2.92. The minimum absolute atomic E-state index is 0.0175. The van der Waals surface area contributed by atoms with Crippen LogP contribution in [-0.4, -0.2) is 48.2 Å². The Labute approximate surface area is 138 Å². The lowest BCUT2D eigenvalue weighted by Gasteiger charge is -2.36. The van der Waals surface area contributed by atoms with Crippen molar-refractivity contribution in [3.63, 3.8) is 0 Å². The molecule has 0 bridgehead atoms. The molecule has 0 unspecified atom stereocenters. The van der Waals surface area contributed by atoms with Crippen molar-refractivity contribution in [2.45, 2.75) is 29.8 Å². The summed E-state index contributed by atoms with van der Waals surface area (Å²) in [7, 11) is -3.62. The second kappa shape index (κ2) is 5.77. The largest absolute Gasteiger partial charge is 0.477 e. The van der Waals surface area contributed by atoms with Crippen LogP contribution in [0.25, 0.3) is 0 Å². The molecule has 2 heterocycles. The number of carbonyl (C=O) groups is 1. The number of piperidine rings is 1. The normalized spacial score (nSPS) is 21.0. The maximum absolute atomic E-state index is 12.6. The fraction of sp³-hybridized carbons (Fsp3) is 0.429. The Kier molecular flexibility index (Phi) is 4.07. The molecule has 1 fully saturated rings. The van der Waals surface area contributed by atoms with E-state index in [1.165, 1.54) is 16.4 Å². The Morgan fingerprint density at radius 2 is 2.04 bits per heavy atom. The van der Waals surface area contributed by atoms with Crippen LogP contribution in [0.3, 0.4) is 0 Å². The van der Waals surface area contributed by atoms with Crippen LogP contribution in [0, 0.1) is 0 Å². The van der Waals surface area contributed by atoms with Crippen LogP contribution in [0.5, 0.6) is 0 Å². The van der Waals surface area contributed by atoms with Crippen molar-refractivity contribution < 1.29 is 23.2 Å². The third kappa shape index (κ3) is 3.06. The number of rotatable bonds is 3. The van der Waals surface area contributed by atoms with Gasteiger partial charge in [-0.15, -0.1) is 0 Å². The van der Waals surface area contributed by atoms with E-state index in [9.17, 15) is 13.2 Å². The number of nitrogens with zero attached hydrogens (tertiary/aromatic N) is 2. The highest BCUT2D eigenvalue weighted by Gasteiger charge is 2.45. The van der Waals surface area contributed by atoms with Gasteiger partial charge in [-0.05, 0) is 18.2 Å². The summed E-state index contributed by atoms with van der Waals surface area (Å²) in [5, 5.41) is 12.9. The highest BCUT2D eigenvalue weighted by molar-refractivity contribution is 7.89. The fourth-order valence-corrected chi connectivity index (χ4v) is 4.56. The molecule has 0 amide bonds. The van der Waals surface area contributed by atoms with E-state index in [2.05, 4.69) is 5.16 Å². The number of carboxylic acid groups (broad SMARTS) is 1. The van der Waals surface area contributed by atoms with E-state index in [0.717, 1.165) is 0 Å². The maximum Gasteiger partial charge on any atom is 0.353 e. The van der Waals surface area contributed by atoms with Crippen LogP contribution >= 0.6 is 11.6 Å². The van der Waals surface area contributed by atoms with E-state index in [-0.39, 0.29) is 30.1 Å². The highest BCUT2D eigenvalue weighted by atomic mass is 35.5. The van der Waals surface area contributed by atoms with Gasteiger partial charge in [-0.2, -0.15) is 4.31 Å². The molecular formula is C14H15ClN2O5S. The highest BCUT2D eigenvalue weighted by Crippen LogP contribution is 2.36. The summed E-state index contributed by atoms with van der Waals surface area (Å²) in [5.41, 5.74) is -0.718. The molecular weight excluding hydrogens is 344 g/mol. The van der Waals surface area contributed by atoms with Crippen molar-refractivity contribution in [2.24, 2.45) is 5.16 Å². The Morgan fingerprint density at radius 3 is 2.61 bits per heavy atom. The molecule has 1 aromatic rings. The third-order valence-corrected chi connectivity index (χ3v) is 6.28. The van der Waals surface area contributed by atoms with E-state index < -0.39 is 21.6 Å². The molecule has 2 aliphatic rings. The number of benzene rings is 1. The zero-order chi connectivity index (χ0) is 16.7. The van der Waals surface area contributed by atoms with Crippen LogP contribution in [-0.2, 0) is 19.7 Å². The fourth-order valence-electron chi connectivity index (χ4n) is 2.81. The van der Waals surface area contributed by atoms with Gasteiger partial charge in [-0.1, -0.05) is 22.8 Å². The first kappa shape index (κ1) is 16.2. The Morgan fingerprint density at radius 1 is 1.35 bits per heavy atom. The zero-order valence-corrected chi connectivity index (χ0v) is 13.7. The molecule has 23 heavy (non-hydrogen) atoms. The molecule has 0 aromatic heterocycles. The summed E-state index contributed by atoms with van der Waals surface area (Å²) >= 11 is 5.86. The van der Waals surface area contributed by atoms with Gasteiger partial charge < -0.3 is 9.94 Å². The first-order valence-electron chi connectivity index (χ1n) is 7.07. The number of halogens is 1. The molecule has 1 N–H and O–H groups in total. The predicted molar refractivity (Wildman–Crippen MR) is 82.9 cm³/mol. The minimum Gasteiger partial charge on any atom is -0.477 e. The number of aliphatic carboxylic acids is 1. The molecule has 1 aromatic carbocycles. The molecule has 1 saturated heterocycles. The van der Waals surface area contributed by atoms with E-state index in [1.54, 1.807) is 12.1 Å². The van der Waals surface area contributed by atoms with Gasteiger partial charge in [0.25, 0.3) is 0 Å². The zero-order valence-electron chi connectivity index (χ0n) is 12.1. The van der Waals surface area contributed by atoms with Crippen LogP contribution in [0.1, 0.15) is 19.3 Å². The van der Waals surface area contributed by atoms with Crippen LogP contribution in [0.2, 0.25) is 5.02 Å². The summed E-state index contributed by atoms with van der Waals surface area (Å²) in [5.74, 6) is -1.10. The van der Waals surface area contributed by atoms with Gasteiger partial charge in [-0.25, -0.2) is 13.2 Å². The summed E-state index contributed by atoms with van der Waals surface area (Å²) in [4.78, 5) is 16.4. The Bertz CT molecular complexity index is 769. The predicted octanol–water partition coefficient (Wildman–Crippen LogP) is 1.72. The molecule has 1 spiro atoms. The molecule has 3 rings (SSSR count). The number of carboxylic acids is 1. The third-order valence-electron chi connectivity index (χ3n) is 4.15. The second-order valence-electron chi connectivity index (χ2n) is 5.66. The monoisotopic (exact) mass is 358 g/mol. The molecule has 0 radical (unpaired) electrons. The second-order valence-corrected chi connectivity index (χ2v) is 8.03. The minimum atomic E-state index is -3.62. The first-order chi connectivity index (χ1) is 10.8. The molecule has 0 aliphatic carbocycles. The number of sulfonamides is 1. The Hall–Kier alpha value is -1.64. The molecule has 9 heteroatoms. The average molecular weight is 359 g/mol. The summed E-state index contributed by atoms with van der Waals surface area (Å²) in [6.07, 6.45) is 0.994. The number of hydrogen-bond donors (Lipinski definition) is 1. The molecule has 0 saturated carbocycles. The maximum atomic E-state index is 12.6. The van der Waals surface area contributed by atoms with Crippen LogP contribution < -0.4 is 0 Å². The van der Waals surface area contributed by atoms with Crippen molar-refractivity contribution in [1.29, 1.82) is 0 Å². The van der Waals surface area contributed by atoms with Crippen molar-refractivity contribution in [3.05, 3.63) is 29.3 Å². The lowest BCUT2D eigenvalue weighted by atomic mass is 9.88. The van der Waals surface area contributed by atoms with E-state index in [4.69, 9.17) is 21.5 Å². The van der Waals surface area contributed by atoms with Gasteiger partial charge in [0.2, 0.25) is 10.0 Å². The van der Waals surface area contributed by atoms with Crippen molar-refractivity contribution in [3.8, 4) is 0 Å². The van der Waals surface area contributed by atoms with Gasteiger partial charge in [0, 0.05) is 37.4 Å². The van der Waals surface area contributed by atoms with Gasteiger partial charge in [-0.3, -0.25) is 0 Å². The van der Waals surface area contributed by atoms with Gasteiger partial charge in [0.15, 0.2) is 5.71 Å². The number of hydrogen-bond acceptors (Lipinski definition) is 5. The van der Waals surface area contributed by atoms with Crippen molar-refractivity contribution in [1.82, 2.24) is 4.31 Å². The van der Waals surface area contributed by atoms with Gasteiger partial charge in [0.1, 0.15) is 5.60 Å². The molecule has 7 nitrogen and oxygen atoms in total. The summed E-state index contributed by atoms with van der Waals surface area (Å²) in [6, 6.07) is 6.12. The summed E-state index contributed by atoms with van der Waals surface area (Å²) in [6.45, 7) is 0.495. The topological polar surface area (TPSA) is 96.3 Å². The van der Waals surface area contributed by atoms with E-state index in [0.29, 0.717) is 17.9 Å². The van der Waals surface area contributed by atoms with Crippen LogP contribution in [0.15, 0.2) is 34.3 Å². The molecule has 2 aliphatic heterocycles. The molecule has 0 atom stereocenters. The van der Waals surface area contributed by atoms with E-state index >= 15 is 0 Å². The first-order valence-corrected chi connectivity index (χ1v) is 8.88. The van der Waals surface area contributed by atoms with Gasteiger partial charge in [0.05, 0.1) is 4.90 Å². The van der Waals surface area contributed by atoms with Crippen molar-refractivity contribution in [2.75, 3.05) is 13.1 Å². The number of oxime groups is 1. The van der Waals surface area contributed by atoms with Crippen molar-refractivity contribution >= 4 is 33.3 Å². The Balaban J connectivity index is 1.71. The summed E-state index contributed by atoms with van der Waals surface area (Å²) < 4.78 is 26.6.